The SMILES string of the molecule is CC(C)(C)OC(=O)N1[C@@H](C(=O)/C=C/[C@@H]2O[C@H](COOCc3ccccc3)[C@H](OOCc3ccccc3)[C@H](OOCc3ccccc3)[C@H]2OOCc2ccccc2)COC1(C)C. The van der Waals surface area contributed by atoms with Gasteiger partial charge < -0.3 is 14.2 Å². The molecular formula is C47H55NO13. The molecule has 2 aliphatic heterocycles. The van der Waals surface area contributed by atoms with Crippen LogP contribution in [0.3, 0.4) is 0 Å². The van der Waals surface area contributed by atoms with Crippen molar-refractivity contribution in [2.75, 3.05) is 13.2 Å². The van der Waals surface area contributed by atoms with Crippen LogP contribution in [0.25, 0.3) is 0 Å². The van der Waals surface area contributed by atoms with Crippen molar-refractivity contribution in [2.24, 2.45) is 0 Å². The minimum Gasteiger partial charge on any atom is -0.444 e. The van der Waals surface area contributed by atoms with E-state index in [1.54, 1.807) is 34.6 Å². The molecule has 2 heterocycles. The van der Waals surface area contributed by atoms with E-state index < -0.39 is 59.8 Å². The standard InChI is InChI=1S/C47H55NO13/c1-46(2,3)58-45(50)48-38(32-51-47(48,4)5)39(49)26-27-40-42(59-54-29-35-20-12-7-13-21-35)44(61-56-31-37-24-16-9-17-25-37)43(60-55-30-36-22-14-8-15-23-36)41(57-40)33-53-52-28-34-18-10-6-11-19-34/h6-27,38,40-44H,28-33H2,1-5H3/b27-26+/t38-,40+,41-,42+,43+,44-/m1/s1. The average Bonchev–Trinajstić information content (AvgIpc) is 3.58. The molecule has 14 heteroatoms. The normalized spacial score (nSPS) is 22.7. The van der Waals surface area contributed by atoms with Crippen molar-refractivity contribution in [2.45, 2.75) is 109 Å². The Balaban J connectivity index is 1.29. The van der Waals surface area contributed by atoms with Gasteiger partial charge in [-0.1, -0.05) is 121 Å². The molecule has 326 valence electrons. The lowest BCUT2D eigenvalue weighted by atomic mass is 9.94. The molecule has 0 spiro atoms. The maximum Gasteiger partial charge on any atom is 0.413 e. The second-order valence-corrected chi connectivity index (χ2v) is 16.0. The first kappa shape index (κ1) is 45.7. The van der Waals surface area contributed by atoms with Crippen molar-refractivity contribution in [1.82, 2.24) is 4.90 Å². The molecule has 4 aromatic rings. The van der Waals surface area contributed by atoms with E-state index in [2.05, 4.69) is 0 Å². The first-order valence-corrected chi connectivity index (χ1v) is 20.3. The quantitative estimate of drug-likeness (QED) is 0.0369. The zero-order chi connectivity index (χ0) is 43.1. The summed E-state index contributed by atoms with van der Waals surface area (Å²) in [6, 6.07) is 37.0. The van der Waals surface area contributed by atoms with Crippen molar-refractivity contribution in [1.29, 1.82) is 0 Å². The first-order chi connectivity index (χ1) is 29.5. The summed E-state index contributed by atoms with van der Waals surface area (Å²) >= 11 is 0. The predicted molar refractivity (Wildman–Crippen MR) is 220 cm³/mol. The molecule has 0 bridgehead atoms. The molecule has 0 unspecified atom stereocenters. The third kappa shape index (κ3) is 13.8. The Morgan fingerprint density at radius 3 is 1.56 bits per heavy atom. The number of benzene rings is 4. The van der Waals surface area contributed by atoms with Crippen molar-refractivity contribution in [3.63, 3.8) is 0 Å². The number of nitrogens with zero attached hydrogens (tertiary/aromatic N) is 1. The maximum absolute atomic E-state index is 14.1. The zero-order valence-corrected chi connectivity index (χ0v) is 35.2. The largest absolute Gasteiger partial charge is 0.444 e. The Morgan fingerprint density at radius 1 is 0.639 bits per heavy atom. The summed E-state index contributed by atoms with van der Waals surface area (Å²) < 4.78 is 18.2. The molecular weight excluding hydrogens is 787 g/mol. The van der Waals surface area contributed by atoms with Crippen LogP contribution in [-0.2, 0) is 84.5 Å². The van der Waals surface area contributed by atoms with Crippen LogP contribution in [0.5, 0.6) is 0 Å². The Hall–Kier alpha value is -4.84. The molecule has 61 heavy (non-hydrogen) atoms. The molecule has 2 fully saturated rings. The average molecular weight is 842 g/mol. The highest BCUT2D eigenvalue weighted by molar-refractivity contribution is 5.97. The number of carbonyl (C=O) groups excluding carboxylic acids is 2. The van der Waals surface area contributed by atoms with Crippen LogP contribution >= 0.6 is 0 Å². The van der Waals surface area contributed by atoms with Gasteiger partial charge in [-0.2, -0.15) is 0 Å². The highest BCUT2D eigenvalue weighted by atomic mass is 17.2. The van der Waals surface area contributed by atoms with Gasteiger partial charge in [0.05, 0.1) is 6.61 Å². The van der Waals surface area contributed by atoms with Gasteiger partial charge in [0.25, 0.3) is 0 Å². The van der Waals surface area contributed by atoms with Gasteiger partial charge in [-0.25, -0.2) is 43.9 Å². The van der Waals surface area contributed by atoms with Gasteiger partial charge in [0, 0.05) is 0 Å². The molecule has 2 saturated heterocycles. The topological polar surface area (TPSA) is 139 Å². The second-order valence-electron chi connectivity index (χ2n) is 16.0. The zero-order valence-electron chi connectivity index (χ0n) is 35.2. The minimum absolute atomic E-state index is 0.0516. The van der Waals surface area contributed by atoms with Crippen LogP contribution in [0.4, 0.5) is 4.79 Å². The number of hydrogen-bond donors (Lipinski definition) is 0. The lowest BCUT2D eigenvalue weighted by Gasteiger charge is -2.42. The van der Waals surface area contributed by atoms with E-state index >= 15 is 0 Å². The summed E-state index contributed by atoms with van der Waals surface area (Å²) in [5, 5.41) is 0. The van der Waals surface area contributed by atoms with E-state index in [1.807, 2.05) is 121 Å². The molecule has 0 N–H and O–H groups in total. The van der Waals surface area contributed by atoms with E-state index in [0.717, 1.165) is 22.3 Å². The van der Waals surface area contributed by atoms with Gasteiger partial charge in [0.15, 0.2) is 24.1 Å². The van der Waals surface area contributed by atoms with Crippen molar-refractivity contribution < 1.29 is 62.9 Å². The number of hydrogen-bond acceptors (Lipinski definition) is 13. The van der Waals surface area contributed by atoms with E-state index in [0.29, 0.717) is 0 Å². The number of rotatable bonds is 20. The number of amides is 1. The van der Waals surface area contributed by atoms with Gasteiger partial charge in [0.1, 0.15) is 62.6 Å². The molecule has 0 aromatic heterocycles. The highest BCUT2D eigenvalue weighted by Gasteiger charge is 2.51. The fraction of sp³-hybridized carbons (Fsp3) is 0.404. The molecule has 0 radical (unpaired) electrons. The van der Waals surface area contributed by atoms with Crippen LogP contribution in [0, 0.1) is 0 Å². The van der Waals surface area contributed by atoms with Crippen molar-refractivity contribution >= 4 is 11.9 Å². The predicted octanol–water partition coefficient (Wildman–Crippen LogP) is 7.95. The minimum atomic E-state index is -1.13. The van der Waals surface area contributed by atoms with Crippen LogP contribution in [-0.4, -0.2) is 77.9 Å². The number of carbonyl (C=O) groups is 2. The van der Waals surface area contributed by atoms with Gasteiger partial charge in [0.2, 0.25) is 0 Å². The molecule has 2 aliphatic rings. The number of ether oxygens (including phenoxy) is 3. The molecule has 14 nitrogen and oxygen atoms in total. The molecule has 6 atom stereocenters. The Labute approximate surface area is 356 Å². The van der Waals surface area contributed by atoms with E-state index in [9.17, 15) is 9.59 Å². The van der Waals surface area contributed by atoms with Crippen molar-refractivity contribution in [3.8, 4) is 0 Å². The summed E-state index contributed by atoms with van der Waals surface area (Å²) in [7, 11) is 0. The summed E-state index contributed by atoms with van der Waals surface area (Å²) in [6.07, 6.45) is -3.17. The molecule has 6 rings (SSSR count). The van der Waals surface area contributed by atoms with Crippen LogP contribution in [0.2, 0.25) is 0 Å². The first-order valence-electron chi connectivity index (χ1n) is 20.3. The summed E-state index contributed by atoms with van der Waals surface area (Å²) in [4.78, 5) is 76.1. The summed E-state index contributed by atoms with van der Waals surface area (Å²) in [5.41, 5.74) is 1.51. The second kappa shape index (κ2) is 22.3. The third-order valence-corrected chi connectivity index (χ3v) is 9.65. The molecule has 0 aliphatic carbocycles. The Morgan fingerprint density at radius 2 is 1.08 bits per heavy atom. The van der Waals surface area contributed by atoms with E-state index in [-0.39, 0.29) is 39.6 Å². The van der Waals surface area contributed by atoms with Crippen LogP contribution in [0.15, 0.2) is 133 Å². The Kier molecular flexibility index (Phi) is 16.7. The maximum atomic E-state index is 14.1. The van der Waals surface area contributed by atoms with Crippen LogP contribution < -0.4 is 0 Å². The summed E-state index contributed by atoms with van der Waals surface area (Å²) in [5.74, 6) is -0.439. The van der Waals surface area contributed by atoms with Crippen LogP contribution in [0.1, 0.15) is 56.9 Å². The lowest BCUT2D eigenvalue weighted by Crippen LogP contribution is -2.61. The van der Waals surface area contributed by atoms with E-state index in [4.69, 9.17) is 53.3 Å². The fourth-order valence-corrected chi connectivity index (χ4v) is 6.60. The smallest absolute Gasteiger partial charge is 0.413 e. The monoisotopic (exact) mass is 841 g/mol. The third-order valence-electron chi connectivity index (χ3n) is 9.65. The molecule has 4 aromatic carbocycles. The Bertz CT molecular complexity index is 1940. The molecule has 1 amide bonds. The van der Waals surface area contributed by atoms with Gasteiger partial charge in [-0.05, 0) is 69.0 Å². The van der Waals surface area contributed by atoms with Gasteiger partial charge in [-0.15, -0.1) is 0 Å². The lowest BCUT2D eigenvalue weighted by molar-refractivity contribution is -0.468. The molecule has 0 saturated carbocycles. The van der Waals surface area contributed by atoms with E-state index in [1.165, 1.54) is 17.1 Å². The fourth-order valence-electron chi connectivity index (χ4n) is 6.60. The van der Waals surface area contributed by atoms with Gasteiger partial charge in [-0.3, -0.25) is 9.69 Å². The number of ketones is 1. The van der Waals surface area contributed by atoms with Gasteiger partial charge >= 0.3 is 6.09 Å². The van der Waals surface area contributed by atoms with Crippen molar-refractivity contribution in [3.05, 3.63) is 156 Å². The highest BCUT2D eigenvalue weighted by Crippen LogP contribution is 2.33. The summed E-state index contributed by atoms with van der Waals surface area (Å²) in [6.45, 7) is 8.85.